The van der Waals surface area contributed by atoms with Crippen molar-refractivity contribution in [2.45, 2.75) is 24.2 Å². The molecule has 0 aliphatic carbocycles. The first-order valence-corrected chi connectivity index (χ1v) is 7.41. The number of ketones is 1. The van der Waals surface area contributed by atoms with Crippen molar-refractivity contribution in [1.82, 2.24) is 4.90 Å². The molecule has 3 heteroatoms. The summed E-state index contributed by atoms with van der Waals surface area (Å²) in [6, 6.07) is 7.93. The minimum absolute atomic E-state index is 0.250. The third-order valence-electron chi connectivity index (χ3n) is 3.23. The van der Waals surface area contributed by atoms with E-state index in [0.29, 0.717) is 6.54 Å². The molecular formula is C14H19NOS. The summed E-state index contributed by atoms with van der Waals surface area (Å²) in [4.78, 5) is 15.5. The van der Waals surface area contributed by atoms with Gasteiger partial charge in [0.1, 0.15) is 0 Å². The summed E-state index contributed by atoms with van der Waals surface area (Å²) in [6.07, 6.45) is 5.83. The normalized spacial score (nSPS) is 17.0. The average molecular weight is 249 g/mol. The fourth-order valence-electron chi connectivity index (χ4n) is 2.19. The van der Waals surface area contributed by atoms with E-state index in [-0.39, 0.29) is 5.78 Å². The predicted octanol–water partition coefficient (Wildman–Crippen LogP) is 3.08. The number of carbonyl (C=O) groups is 1. The molecule has 1 saturated heterocycles. The molecule has 2 rings (SSSR count). The Bertz CT molecular complexity index is 368. The Morgan fingerprint density at radius 1 is 1.18 bits per heavy atom. The van der Waals surface area contributed by atoms with Gasteiger partial charge in [0.2, 0.25) is 0 Å². The number of Topliss-reactive ketones (excluding diaryl/α,β-unsaturated/α-hetero) is 1. The second-order valence-electron chi connectivity index (χ2n) is 4.49. The molecule has 17 heavy (non-hydrogen) atoms. The van der Waals surface area contributed by atoms with Crippen LogP contribution in [-0.4, -0.2) is 36.6 Å². The molecule has 1 fully saturated rings. The van der Waals surface area contributed by atoms with Crippen LogP contribution >= 0.6 is 11.8 Å². The molecule has 0 N–H and O–H groups in total. The quantitative estimate of drug-likeness (QED) is 0.604. The molecule has 0 radical (unpaired) electrons. The van der Waals surface area contributed by atoms with E-state index in [1.807, 2.05) is 30.5 Å². The van der Waals surface area contributed by atoms with Gasteiger partial charge in [-0.25, -0.2) is 0 Å². The monoisotopic (exact) mass is 249 g/mol. The fraction of sp³-hybridized carbons (Fsp3) is 0.500. The van der Waals surface area contributed by atoms with Crippen LogP contribution < -0.4 is 0 Å². The molecule has 92 valence electrons. The Labute approximate surface area is 107 Å². The van der Waals surface area contributed by atoms with Gasteiger partial charge in [0.05, 0.1) is 6.54 Å². The third-order valence-corrected chi connectivity index (χ3v) is 3.97. The van der Waals surface area contributed by atoms with Gasteiger partial charge in [-0.3, -0.25) is 9.69 Å². The van der Waals surface area contributed by atoms with Gasteiger partial charge in [-0.1, -0.05) is 18.6 Å². The summed E-state index contributed by atoms with van der Waals surface area (Å²) in [6.45, 7) is 2.74. The molecule has 0 amide bonds. The van der Waals surface area contributed by atoms with Crippen LogP contribution in [0.2, 0.25) is 0 Å². The molecule has 0 atom stereocenters. The average Bonchev–Trinajstić information content (AvgIpc) is 2.40. The molecule has 1 heterocycles. The van der Waals surface area contributed by atoms with Gasteiger partial charge in [-0.15, -0.1) is 11.8 Å². The van der Waals surface area contributed by atoms with E-state index in [1.54, 1.807) is 11.8 Å². The Hall–Kier alpha value is -0.800. The predicted molar refractivity (Wildman–Crippen MR) is 72.8 cm³/mol. The van der Waals surface area contributed by atoms with Crippen molar-refractivity contribution in [3.8, 4) is 0 Å². The van der Waals surface area contributed by atoms with E-state index in [0.717, 1.165) is 18.7 Å². The van der Waals surface area contributed by atoms with Crippen molar-refractivity contribution in [2.75, 3.05) is 25.9 Å². The number of benzene rings is 1. The largest absolute Gasteiger partial charge is 0.296 e. The number of nitrogens with zero attached hydrogens (tertiary/aromatic N) is 1. The summed E-state index contributed by atoms with van der Waals surface area (Å²) in [5.74, 6) is 0.250. The van der Waals surface area contributed by atoms with Crippen LogP contribution in [0.15, 0.2) is 29.2 Å². The molecule has 0 aromatic heterocycles. The highest BCUT2D eigenvalue weighted by Crippen LogP contribution is 2.16. The van der Waals surface area contributed by atoms with Gasteiger partial charge in [0.25, 0.3) is 0 Å². The second kappa shape index (κ2) is 6.22. The minimum Gasteiger partial charge on any atom is -0.296 e. The number of rotatable bonds is 4. The molecule has 0 saturated carbocycles. The van der Waals surface area contributed by atoms with Gasteiger partial charge < -0.3 is 0 Å². The lowest BCUT2D eigenvalue weighted by molar-refractivity contribution is 0.0915. The van der Waals surface area contributed by atoms with Crippen molar-refractivity contribution in [3.05, 3.63) is 29.8 Å². The number of hydrogen-bond acceptors (Lipinski definition) is 3. The zero-order valence-electron chi connectivity index (χ0n) is 10.3. The van der Waals surface area contributed by atoms with Crippen molar-refractivity contribution in [1.29, 1.82) is 0 Å². The molecule has 2 nitrogen and oxygen atoms in total. The number of piperidine rings is 1. The topological polar surface area (TPSA) is 20.3 Å². The molecule has 0 spiro atoms. The van der Waals surface area contributed by atoms with E-state index in [4.69, 9.17) is 0 Å². The Balaban J connectivity index is 1.93. The summed E-state index contributed by atoms with van der Waals surface area (Å²) in [5.41, 5.74) is 0.841. The lowest BCUT2D eigenvalue weighted by Crippen LogP contribution is -2.34. The highest BCUT2D eigenvalue weighted by Gasteiger charge is 2.14. The summed E-state index contributed by atoms with van der Waals surface area (Å²) in [5, 5.41) is 0. The second-order valence-corrected chi connectivity index (χ2v) is 5.37. The van der Waals surface area contributed by atoms with Crippen LogP contribution in [0.3, 0.4) is 0 Å². The van der Waals surface area contributed by atoms with E-state index in [9.17, 15) is 4.79 Å². The Kier molecular flexibility index (Phi) is 4.63. The van der Waals surface area contributed by atoms with Gasteiger partial charge in [-0.05, 0) is 44.3 Å². The highest BCUT2D eigenvalue weighted by atomic mass is 32.2. The smallest absolute Gasteiger partial charge is 0.176 e. The van der Waals surface area contributed by atoms with Crippen LogP contribution in [0, 0.1) is 0 Å². The standard InChI is InChI=1S/C14H19NOS/c1-17-13-7-5-12(6-8-13)14(16)11-15-9-3-2-4-10-15/h5-8H,2-4,9-11H2,1H3. The molecule has 0 bridgehead atoms. The summed E-state index contributed by atoms with van der Waals surface area (Å²) >= 11 is 1.70. The Morgan fingerprint density at radius 3 is 2.41 bits per heavy atom. The van der Waals surface area contributed by atoms with E-state index in [2.05, 4.69) is 4.90 Å². The maximum absolute atomic E-state index is 12.1. The molecule has 1 aliphatic heterocycles. The third kappa shape index (κ3) is 3.58. The number of thioether (sulfide) groups is 1. The van der Waals surface area contributed by atoms with Gasteiger partial charge >= 0.3 is 0 Å². The lowest BCUT2D eigenvalue weighted by Gasteiger charge is -2.25. The lowest BCUT2D eigenvalue weighted by atomic mass is 10.1. The van der Waals surface area contributed by atoms with Crippen molar-refractivity contribution < 1.29 is 4.79 Å². The van der Waals surface area contributed by atoms with Gasteiger partial charge in [0.15, 0.2) is 5.78 Å². The minimum atomic E-state index is 0.250. The zero-order chi connectivity index (χ0) is 12.1. The number of likely N-dealkylation sites (tertiary alicyclic amines) is 1. The fourth-order valence-corrected chi connectivity index (χ4v) is 2.60. The zero-order valence-corrected chi connectivity index (χ0v) is 11.1. The van der Waals surface area contributed by atoms with E-state index >= 15 is 0 Å². The first-order valence-electron chi connectivity index (χ1n) is 6.19. The van der Waals surface area contributed by atoms with Gasteiger partial charge in [-0.2, -0.15) is 0 Å². The van der Waals surface area contributed by atoms with E-state index < -0.39 is 0 Å². The SMILES string of the molecule is CSc1ccc(C(=O)CN2CCCCC2)cc1. The molecule has 1 aromatic carbocycles. The van der Waals surface area contributed by atoms with Crippen molar-refractivity contribution >= 4 is 17.5 Å². The van der Waals surface area contributed by atoms with Crippen LogP contribution in [0.4, 0.5) is 0 Å². The molecule has 0 unspecified atom stereocenters. The summed E-state index contributed by atoms with van der Waals surface area (Å²) < 4.78 is 0. The summed E-state index contributed by atoms with van der Waals surface area (Å²) in [7, 11) is 0. The first kappa shape index (κ1) is 12.7. The molecule has 1 aromatic rings. The molecular weight excluding hydrogens is 230 g/mol. The van der Waals surface area contributed by atoms with Crippen LogP contribution in [0.25, 0.3) is 0 Å². The maximum Gasteiger partial charge on any atom is 0.176 e. The van der Waals surface area contributed by atoms with Crippen LogP contribution in [-0.2, 0) is 0 Å². The first-order chi connectivity index (χ1) is 8.29. The number of carbonyl (C=O) groups excluding carboxylic acids is 1. The molecule has 1 aliphatic rings. The van der Waals surface area contributed by atoms with Crippen LogP contribution in [0.5, 0.6) is 0 Å². The number of hydrogen-bond donors (Lipinski definition) is 0. The van der Waals surface area contributed by atoms with Crippen molar-refractivity contribution in [3.63, 3.8) is 0 Å². The Morgan fingerprint density at radius 2 is 1.82 bits per heavy atom. The van der Waals surface area contributed by atoms with E-state index in [1.165, 1.54) is 24.2 Å². The highest BCUT2D eigenvalue weighted by molar-refractivity contribution is 7.98. The van der Waals surface area contributed by atoms with Crippen LogP contribution in [0.1, 0.15) is 29.6 Å². The van der Waals surface area contributed by atoms with Crippen molar-refractivity contribution in [2.24, 2.45) is 0 Å². The van der Waals surface area contributed by atoms with Gasteiger partial charge in [0, 0.05) is 10.5 Å². The maximum atomic E-state index is 12.1.